The van der Waals surface area contributed by atoms with Gasteiger partial charge in [0, 0.05) is 30.9 Å². The number of carboxylic acid groups (broad SMARTS) is 1. The summed E-state index contributed by atoms with van der Waals surface area (Å²) < 4.78 is 1.55. The molecule has 112 valence electrons. The molecule has 1 N–H and O–H groups in total. The molecule has 0 saturated heterocycles. The lowest BCUT2D eigenvalue weighted by molar-refractivity contribution is 0.0694. The van der Waals surface area contributed by atoms with Gasteiger partial charge < -0.3 is 14.6 Å². The van der Waals surface area contributed by atoms with Gasteiger partial charge >= 0.3 is 5.97 Å². The number of aromatic carboxylic acids is 1. The third-order valence-corrected chi connectivity index (χ3v) is 4.00. The maximum atomic E-state index is 12.0. The zero-order valence-corrected chi connectivity index (χ0v) is 12.9. The number of nitrogens with zero attached hydrogens (tertiary/aromatic N) is 2. The third-order valence-electron chi connectivity index (χ3n) is 4.00. The van der Waals surface area contributed by atoms with Crippen LogP contribution in [0.5, 0.6) is 0 Å². The van der Waals surface area contributed by atoms with Gasteiger partial charge in [0.25, 0.3) is 5.56 Å². The molecule has 20 heavy (non-hydrogen) atoms. The summed E-state index contributed by atoms with van der Waals surface area (Å²) in [5.74, 6) is -0.982. The molecular weight excluding hydrogens is 256 g/mol. The Morgan fingerprint density at radius 3 is 2.55 bits per heavy atom. The molecule has 1 atom stereocenters. The van der Waals surface area contributed by atoms with Gasteiger partial charge in [0.2, 0.25) is 0 Å². The standard InChI is InChI=1S/C15H24N2O3/c1-6-11(3)16(5)7-8-17-12(4)14(15(19)20)10(2)9-13(17)18/h9,11H,6-8H2,1-5H3,(H,19,20). The molecule has 0 bridgehead atoms. The second-order valence-electron chi connectivity index (χ2n) is 5.32. The Kier molecular flexibility index (Phi) is 5.51. The molecule has 0 aliphatic heterocycles. The van der Waals surface area contributed by atoms with Crippen molar-refractivity contribution in [2.75, 3.05) is 13.6 Å². The van der Waals surface area contributed by atoms with Crippen molar-refractivity contribution in [1.29, 1.82) is 0 Å². The summed E-state index contributed by atoms with van der Waals surface area (Å²) in [5.41, 5.74) is 1.14. The molecule has 0 aliphatic rings. The zero-order valence-electron chi connectivity index (χ0n) is 12.9. The van der Waals surface area contributed by atoms with Gasteiger partial charge in [-0.1, -0.05) is 6.92 Å². The Labute approximate surface area is 119 Å². The number of aryl methyl sites for hydroxylation is 1. The number of rotatable bonds is 6. The van der Waals surface area contributed by atoms with Crippen LogP contribution < -0.4 is 5.56 Å². The quantitative estimate of drug-likeness (QED) is 0.864. The van der Waals surface area contributed by atoms with Crippen molar-refractivity contribution >= 4 is 5.97 Å². The molecule has 1 aromatic heterocycles. The minimum Gasteiger partial charge on any atom is -0.478 e. The Hall–Kier alpha value is -1.62. The Balaban J connectivity index is 3.05. The molecule has 0 fully saturated rings. The first-order chi connectivity index (χ1) is 9.29. The molecule has 0 aliphatic carbocycles. The minimum absolute atomic E-state index is 0.137. The van der Waals surface area contributed by atoms with Crippen LogP contribution in [0.4, 0.5) is 0 Å². The summed E-state index contributed by atoms with van der Waals surface area (Å²) >= 11 is 0. The normalized spacial score (nSPS) is 12.7. The number of hydrogen-bond acceptors (Lipinski definition) is 3. The number of carbonyl (C=O) groups is 1. The molecule has 1 aromatic rings. The van der Waals surface area contributed by atoms with Gasteiger partial charge in [-0.2, -0.15) is 0 Å². The van der Waals surface area contributed by atoms with E-state index in [9.17, 15) is 14.7 Å². The lowest BCUT2D eigenvalue weighted by atomic mass is 10.1. The zero-order chi connectivity index (χ0) is 15.4. The molecule has 0 spiro atoms. The van der Waals surface area contributed by atoms with E-state index in [2.05, 4.69) is 18.7 Å². The molecule has 0 radical (unpaired) electrons. The van der Waals surface area contributed by atoms with Gasteiger partial charge in [-0.05, 0) is 39.8 Å². The van der Waals surface area contributed by atoms with E-state index in [1.807, 2.05) is 7.05 Å². The predicted octanol–water partition coefficient (Wildman–Crippen LogP) is 1.89. The van der Waals surface area contributed by atoms with E-state index in [1.165, 1.54) is 6.07 Å². The molecule has 1 unspecified atom stereocenters. The highest BCUT2D eigenvalue weighted by atomic mass is 16.4. The number of hydrogen-bond donors (Lipinski definition) is 1. The second-order valence-corrected chi connectivity index (χ2v) is 5.32. The van der Waals surface area contributed by atoms with Gasteiger partial charge in [-0.25, -0.2) is 4.79 Å². The van der Waals surface area contributed by atoms with Crippen molar-refractivity contribution in [3.05, 3.63) is 33.2 Å². The Bertz CT molecular complexity index is 549. The fourth-order valence-electron chi connectivity index (χ4n) is 2.31. The van der Waals surface area contributed by atoms with Gasteiger partial charge in [-0.3, -0.25) is 4.79 Å². The third kappa shape index (κ3) is 3.48. The summed E-state index contributed by atoms with van der Waals surface area (Å²) in [7, 11) is 2.01. The first-order valence-electron chi connectivity index (χ1n) is 6.94. The van der Waals surface area contributed by atoms with Crippen LogP contribution in [-0.4, -0.2) is 40.2 Å². The highest BCUT2D eigenvalue weighted by molar-refractivity contribution is 5.90. The SMILES string of the molecule is CCC(C)N(C)CCn1c(C)c(C(=O)O)c(C)cc1=O. The van der Waals surface area contributed by atoms with Crippen LogP contribution in [0.1, 0.15) is 41.9 Å². The van der Waals surface area contributed by atoms with Crippen LogP contribution in [0.15, 0.2) is 10.9 Å². The van der Waals surface area contributed by atoms with Crippen LogP contribution in [0.2, 0.25) is 0 Å². The molecule has 5 nitrogen and oxygen atoms in total. The van der Waals surface area contributed by atoms with Crippen molar-refractivity contribution in [2.45, 2.75) is 46.7 Å². The fraction of sp³-hybridized carbons (Fsp3) is 0.600. The number of aromatic nitrogens is 1. The highest BCUT2D eigenvalue weighted by Gasteiger charge is 2.16. The van der Waals surface area contributed by atoms with Crippen molar-refractivity contribution in [2.24, 2.45) is 0 Å². The van der Waals surface area contributed by atoms with E-state index in [0.29, 0.717) is 23.8 Å². The van der Waals surface area contributed by atoms with Crippen LogP contribution in [0.25, 0.3) is 0 Å². The summed E-state index contributed by atoms with van der Waals surface area (Å²) in [6.45, 7) is 8.83. The lowest BCUT2D eigenvalue weighted by Gasteiger charge is -2.24. The summed E-state index contributed by atoms with van der Waals surface area (Å²) in [6.07, 6.45) is 1.04. The van der Waals surface area contributed by atoms with Crippen LogP contribution in [-0.2, 0) is 6.54 Å². The van der Waals surface area contributed by atoms with Crippen molar-refractivity contribution in [3.63, 3.8) is 0 Å². The van der Waals surface area contributed by atoms with E-state index in [1.54, 1.807) is 18.4 Å². The molecule has 1 heterocycles. The summed E-state index contributed by atoms with van der Waals surface area (Å²) in [5, 5.41) is 9.24. The van der Waals surface area contributed by atoms with Gasteiger partial charge in [0.15, 0.2) is 0 Å². The van der Waals surface area contributed by atoms with Crippen molar-refractivity contribution in [3.8, 4) is 0 Å². The molecule has 0 saturated carbocycles. The molecule has 0 aromatic carbocycles. The van der Waals surface area contributed by atoms with E-state index in [4.69, 9.17) is 0 Å². The smallest absolute Gasteiger partial charge is 0.337 e. The monoisotopic (exact) mass is 280 g/mol. The molecular formula is C15H24N2O3. The summed E-state index contributed by atoms with van der Waals surface area (Å²) in [4.78, 5) is 25.5. The number of carboxylic acids is 1. The number of likely N-dealkylation sites (N-methyl/N-ethyl adjacent to an activating group) is 1. The van der Waals surface area contributed by atoms with Crippen LogP contribution in [0.3, 0.4) is 0 Å². The van der Waals surface area contributed by atoms with Crippen LogP contribution >= 0.6 is 0 Å². The highest BCUT2D eigenvalue weighted by Crippen LogP contribution is 2.11. The maximum Gasteiger partial charge on any atom is 0.337 e. The summed E-state index contributed by atoms with van der Waals surface area (Å²) in [6, 6.07) is 1.84. The van der Waals surface area contributed by atoms with Crippen molar-refractivity contribution < 1.29 is 9.90 Å². The Morgan fingerprint density at radius 2 is 2.05 bits per heavy atom. The van der Waals surface area contributed by atoms with Crippen molar-refractivity contribution in [1.82, 2.24) is 9.47 Å². The Morgan fingerprint density at radius 1 is 1.45 bits per heavy atom. The average molecular weight is 280 g/mol. The average Bonchev–Trinajstić information content (AvgIpc) is 2.36. The molecule has 1 rings (SSSR count). The van der Waals surface area contributed by atoms with Gasteiger partial charge in [-0.15, -0.1) is 0 Å². The first kappa shape index (κ1) is 16.4. The van der Waals surface area contributed by atoms with E-state index < -0.39 is 5.97 Å². The second kappa shape index (κ2) is 6.70. The van der Waals surface area contributed by atoms with E-state index in [0.717, 1.165) is 13.0 Å². The van der Waals surface area contributed by atoms with E-state index >= 15 is 0 Å². The molecule has 0 amide bonds. The van der Waals surface area contributed by atoms with Crippen LogP contribution in [0, 0.1) is 13.8 Å². The maximum absolute atomic E-state index is 12.0. The molecule has 5 heteroatoms. The first-order valence-corrected chi connectivity index (χ1v) is 6.94. The van der Waals surface area contributed by atoms with E-state index in [-0.39, 0.29) is 11.1 Å². The largest absolute Gasteiger partial charge is 0.478 e. The number of pyridine rings is 1. The van der Waals surface area contributed by atoms with Gasteiger partial charge in [0.05, 0.1) is 5.56 Å². The van der Waals surface area contributed by atoms with Gasteiger partial charge in [0.1, 0.15) is 0 Å². The minimum atomic E-state index is -0.982. The predicted molar refractivity (Wildman–Crippen MR) is 79.5 cm³/mol. The topological polar surface area (TPSA) is 62.5 Å². The lowest BCUT2D eigenvalue weighted by Crippen LogP contribution is -2.35. The fourth-order valence-corrected chi connectivity index (χ4v) is 2.31.